The van der Waals surface area contributed by atoms with Crippen molar-refractivity contribution in [1.82, 2.24) is 15.2 Å². The average Bonchev–Trinajstić information content (AvgIpc) is 2.65. The van der Waals surface area contributed by atoms with Crippen molar-refractivity contribution in [2.75, 3.05) is 5.88 Å². The van der Waals surface area contributed by atoms with E-state index < -0.39 is 16.0 Å². The van der Waals surface area contributed by atoms with Crippen molar-refractivity contribution in [2.24, 2.45) is 0 Å². The van der Waals surface area contributed by atoms with Crippen LogP contribution in [0.2, 0.25) is 0 Å². The van der Waals surface area contributed by atoms with Crippen molar-refractivity contribution in [3.8, 4) is 0 Å². The number of hydrazine groups is 1. The number of nitrogens with zero attached hydrogens (tertiary/aromatic N) is 1. The van der Waals surface area contributed by atoms with Crippen molar-refractivity contribution in [2.45, 2.75) is 4.34 Å². The minimum Gasteiger partial charge on any atom is -0.285 e. The summed E-state index contributed by atoms with van der Waals surface area (Å²) < 4.78 is 31.1. The maximum Gasteiger partial charge on any atom is 0.279 e. The highest BCUT2D eigenvalue weighted by Crippen LogP contribution is 2.27. The van der Waals surface area contributed by atoms with Crippen molar-refractivity contribution >= 4 is 43.6 Å². The van der Waals surface area contributed by atoms with Crippen molar-refractivity contribution in [1.29, 1.82) is 0 Å². The lowest BCUT2D eigenvalue weighted by atomic mass is 10.3. The lowest BCUT2D eigenvalue weighted by molar-refractivity contribution is 0.475. The van der Waals surface area contributed by atoms with Gasteiger partial charge < -0.3 is 0 Å². The van der Waals surface area contributed by atoms with Crippen molar-refractivity contribution in [3.63, 3.8) is 0 Å². The van der Waals surface area contributed by atoms with Crippen LogP contribution in [0.5, 0.6) is 0 Å². The first kappa shape index (κ1) is 12.7. The molecule has 1 aromatic carbocycles. The van der Waals surface area contributed by atoms with Gasteiger partial charge in [-0.25, -0.2) is 10.4 Å². The molecule has 0 spiro atoms. The van der Waals surface area contributed by atoms with Gasteiger partial charge in [0, 0.05) is 11.9 Å². The quantitative estimate of drug-likeness (QED) is 0.330. The fraction of sp³-hybridized carbons (Fsp3) is 0.125. The van der Waals surface area contributed by atoms with Crippen LogP contribution in [-0.2, 0) is 10.1 Å². The van der Waals surface area contributed by atoms with Crippen LogP contribution in [0.1, 0.15) is 0 Å². The van der Waals surface area contributed by atoms with Gasteiger partial charge in [0.25, 0.3) is 10.1 Å². The van der Waals surface area contributed by atoms with Gasteiger partial charge in [0.2, 0.25) is 0 Å². The molecule has 2 aromatic rings. The molecule has 0 bridgehead atoms. The number of thiazole rings is 1. The molecule has 17 heavy (non-hydrogen) atoms. The molecular weight excluding hydrogens is 282 g/mol. The highest BCUT2D eigenvalue weighted by Gasteiger charge is 2.05. The molecule has 2 rings (SSSR count). The summed E-state index contributed by atoms with van der Waals surface area (Å²) in [5.41, 5.74) is 3.26. The van der Waals surface area contributed by atoms with E-state index >= 15 is 0 Å². The summed E-state index contributed by atoms with van der Waals surface area (Å²) in [7, 11) is -4.01. The van der Waals surface area contributed by atoms with E-state index in [1.807, 2.05) is 24.3 Å². The highest BCUT2D eigenvalue weighted by atomic mass is 32.2. The predicted molar refractivity (Wildman–Crippen MR) is 68.2 cm³/mol. The number of fused-ring (bicyclic) bond motifs is 1. The summed E-state index contributed by atoms with van der Waals surface area (Å²) in [4.78, 5) is 6.91. The van der Waals surface area contributed by atoms with E-state index in [0.29, 0.717) is 0 Å². The Bertz CT molecular complexity index is 578. The molecule has 0 radical (unpaired) electrons. The van der Waals surface area contributed by atoms with Gasteiger partial charge in [-0.1, -0.05) is 12.1 Å². The Morgan fingerprint density at radius 3 is 2.88 bits per heavy atom. The van der Waals surface area contributed by atoms with Gasteiger partial charge in [-0.2, -0.15) is 13.2 Å². The second kappa shape index (κ2) is 5.29. The number of rotatable bonds is 5. The fourth-order valence-corrected chi connectivity index (χ4v) is 3.07. The first-order valence-corrected chi connectivity index (χ1v) is 7.74. The van der Waals surface area contributed by atoms with Gasteiger partial charge in [0.05, 0.1) is 10.2 Å². The van der Waals surface area contributed by atoms with E-state index in [0.717, 1.165) is 26.5 Å². The third kappa shape index (κ3) is 3.91. The van der Waals surface area contributed by atoms with E-state index in [1.165, 1.54) is 11.3 Å². The maximum absolute atomic E-state index is 10.4. The number of aromatic nitrogens is 1. The highest BCUT2D eigenvalue weighted by molar-refractivity contribution is 7.99. The second-order valence-electron chi connectivity index (χ2n) is 3.05. The third-order valence-corrected chi connectivity index (χ3v) is 4.09. The predicted octanol–water partition coefficient (Wildman–Crippen LogP) is 1.24. The van der Waals surface area contributed by atoms with Crippen LogP contribution in [0.25, 0.3) is 10.2 Å². The van der Waals surface area contributed by atoms with Crippen molar-refractivity contribution in [3.05, 3.63) is 24.3 Å². The Morgan fingerprint density at radius 2 is 2.18 bits per heavy atom. The van der Waals surface area contributed by atoms with Crippen molar-refractivity contribution < 1.29 is 13.0 Å². The van der Waals surface area contributed by atoms with Crippen LogP contribution >= 0.6 is 23.3 Å². The molecule has 0 amide bonds. The van der Waals surface area contributed by atoms with Crippen LogP contribution in [0.4, 0.5) is 0 Å². The average molecular weight is 291 g/mol. The zero-order valence-electron chi connectivity index (χ0n) is 8.45. The monoisotopic (exact) mass is 291 g/mol. The van der Waals surface area contributed by atoms with E-state index in [9.17, 15) is 8.42 Å². The number of benzene rings is 1. The van der Waals surface area contributed by atoms with Gasteiger partial charge in [-0.05, 0) is 12.1 Å². The summed E-state index contributed by atoms with van der Waals surface area (Å²) in [6.45, 7) is 0. The van der Waals surface area contributed by atoms with Crippen LogP contribution in [0, 0.1) is 0 Å². The van der Waals surface area contributed by atoms with E-state index in [1.54, 1.807) is 0 Å². The lowest BCUT2D eigenvalue weighted by Crippen LogP contribution is -2.30. The van der Waals surface area contributed by atoms with Gasteiger partial charge in [-0.15, -0.1) is 11.3 Å². The number of hydrogen-bond acceptors (Lipinski definition) is 7. The van der Waals surface area contributed by atoms with E-state index in [4.69, 9.17) is 4.55 Å². The lowest BCUT2D eigenvalue weighted by Gasteiger charge is -2.00. The zero-order chi connectivity index (χ0) is 12.3. The first-order chi connectivity index (χ1) is 8.04. The van der Waals surface area contributed by atoms with Crippen LogP contribution in [0.15, 0.2) is 28.6 Å². The molecule has 0 aliphatic heterocycles. The summed E-state index contributed by atoms with van der Waals surface area (Å²) in [6.07, 6.45) is 0. The van der Waals surface area contributed by atoms with Crippen LogP contribution in [-0.4, -0.2) is 23.8 Å². The van der Waals surface area contributed by atoms with Crippen LogP contribution in [0.3, 0.4) is 0 Å². The Balaban J connectivity index is 1.91. The largest absolute Gasteiger partial charge is 0.285 e. The Labute approximate surface area is 106 Å². The molecule has 0 unspecified atom stereocenters. The minimum absolute atomic E-state index is 0.551. The topological polar surface area (TPSA) is 91.3 Å². The van der Waals surface area contributed by atoms with Gasteiger partial charge >= 0.3 is 0 Å². The molecule has 1 aromatic heterocycles. The molecule has 92 valence electrons. The zero-order valence-corrected chi connectivity index (χ0v) is 10.9. The summed E-state index contributed by atoms with van der Waals surface area (Å²) in [5, 5.41) is 0. The van der Waals surface area contributed by atoms with Gasteiger partial charge in [0.15, 0.2) is 4.34 Å². The molecule has 3 N–H and O–H groups in total. The molecule has 0 aliphatic rings. The standard InChI is InChI=1S/C8H9N3O3S3/c12-17(13,14)5-9-11-16-8-10-6-3-1-2-4-7(6)15-8/h1-4,9,11H,5H2,(H,12,13,14). The number of para-hydroxylation sites is 1. The fourth-order valence-electron chi connectivity index (χ4n) is 1.10. The Kier molecular flexibility index (Phi) is 3.97. The molecule has 0 aliphatic carbocycles. The first-order valence-electron chi connectivity index (χ1n) is 4.50. The Morgan fingerprint density at radius 1 is 1.41 bits per heavy atom. The number of hydrogen-bond donors (Lipinski definition) is 3. The summed E-state index contributed by atoms with van der Waals surface area (Å²) in [6, 6.07) is 7.70. The van der Waals surface area contributed by atoms with E-state index in [-0.39, 0.29) is 0 Å². The molecule has 0 atom stereocenters. The molecule has 1 heterocycles. The molecule has 0 fully saturated rings. The molecule has 0 saturated heterocycles. The number of nitrogens with one attached hydrogen (secondary N) is 2. The third-order valence-electron chi connectivity index (χ3n) is 1.74. The molecule has 0 saturated carbocycles. The Hall–Kier alpha value is -0.710. The normalized spacial score (nSPS) is 12.1. The minimum atomic E-state index is -4.01. The van der Waals surface area contributed by atoms with Crippen LogP contribution < -0.4 is 10.3 Å². The smallest absolute Gasteiger partial charge is 0.279 e. The SMILES string of the molecule is O=S(=O)(O)CNNSc1nc2ccccc2s1. The second-order valence-corrected chi connectivity index (χ2v) is 6.59. The van der Waals surface area contributed by atoms with Gasteiger partial charge in [0.1, 0.15) is 5.88 Å². The maximum atomic E-state index is 10.4. The molecular formula is C8H9N3O3S3. The molecule has 9 heteroatoms. The van der Waals surface area contributed by atoms with Gasteiger partial charge in [-0.3, -0.25) is 4.55 Å². The molecule has 6 nitrogen and oxygen atoms in total. The summed E-state index contributed by atoms with van der Waals surface area (Å²) >= 11 is 2.65. The summed E-state index contributed by atoms with van der Waals surface area (Å²) in [5.74, 6) is -0.551. The van der Waals surface area contributed by atoms with E-state index in [2.05, 4.69) is 15.2 Å².